The molecule has 4 rings (SSSR count). The van der Waals surface area contributed by atoms with Gasteiger partial charge in [0.05, 0.1) is 5.75 Å². The Morgan fingerprint density at radius 3 is 2.71 bits per heavy atom. The maximum absolute atomic E-state index is 13.0. The van der Waals surface area contributed by atoms with Gasteiger partial charge in [-0.1, -0.05) is 35.9 Å². The smallest absolute Gasteiger partial charge is 0.289 e. The number of piperazine rings is 1. The van der Waals surface area contributed by atoms with Crippen molar-refractivity contribution in [3.05, 3.63) is 88.3 Å². The molecule has 1 aliphatic heterocycles. The van der Waals surface area contributed by atoms with Crippen molar-refractivity contribution in [3.63, 3.8) is 0 Å². The minimum Gasteiger partial charge on any atom is -0.455 e. The first kappa shape index (κ1) is 21.8. The van der Waals surface area contributed by atoms with Crippen molar-refractivity contribution in [1.29, 1.82) is 0 Å². The van der Waals surface area contributed by atoms with E-state index in [4.69, 9.17) is 16.0 Å². The largest absolute Gasteiger partial charge is 0.455 e. The Morgan fingerprint density at radius 1 is 1.10 bits per heavy atom. The Balaban J connectivity index is 1.31. The molecule has 1 aliphatic rings. The molecular weight excluding hydrogens is 428 g/mol. The van der Waals surface area contributed by atoms with E-state index in [1.54, 1.807) is 17.8 Å². The zero-order valence-corrected chi connectivity index (χ0v) is 19.5. The number of anilines is 1. The van der Waals surface area contributed by atoms with Gasteiger partial charge >= 0.3 is 0 Å². The Morgan fingerprint density at radius 2 is 1.94 bits per heavy atom. The van der Waals surface area contributed by atoms with Gasteiger partial charge < -0.3 is 14.2 Å². The molecule has 0 bridgehead atoms. The van der Waals surface area contributed by atoms with Gasteiger partial charge in [0.1, 0.15) is 5.76 Å². The standard InChI is InChI=1S/C25H27ClN2O2S/c1-18-5-3-8-22(13-18)28-12-11-27(15-19(28)2)25(29)24-10-9-23(30-24)17-31-16-20-6-4-7-21(26)14-20/h3-10,13-14,19H,11-12,15-17H2,1-2H3/t19-/m0/s1. The fraction of sp³-hybridized carbons (Fsp3) is 0.320. The van der Waals surface area contributed by atoms with Gasteiger partial charge in [-0.25, -0.2) is 0 Å². The molecule has 2 aromatic carbocycles. The van der Waals surface area contributed by atoms with Crippen molar-refractivity contribution in [2.24, 2.45) is 0 Å². The predicted molar refractivity (Wildman–Crippen MR) is 129 cm³/mol. The van der Waals surface area contributed by atoms with Crippen LogP contribution in [0.1, 0.15) is 34.4 Å². The lowest BCUT2D eigenvalue weighted by Crippen LogP contribution is -2.53. The van der Waals surface area contributed by atoms with Crippen LogP contribution in [-0.4, -0.2) is 36.5 Å². The molecule has 0 aliphatic carbocycles. The first-order valence-corrected chi connectivity index (χ1v) is 12.1. The number of nitrogens with zero attached hydrogens (tertiary/aromatic N) is 2. The number of amides is 1. The van der Waals surface area contributed by atoms with Crippen LogP contribution in [0.2, 0.25) is 5.02 Å². The van der Waals surface area contributed by atoms with Gasteiger partial charge in [0.15, 0.2) is 5.76 Å². The molecular formula is C25H27ClN2O2S. The van der Waals surface area contributed by atoms with Crippen molar-refractivity contribution in [1.82, 2.24) is 4.90 Å². The number of furan rings is 1. The zero-order valence-electron chi connectivity index (χ0n) is 17.9. The Kier molecular flexibility index (Phi) is 6.93. The molecule has 3 aromatic rings. The van der Waals surface area contributed by atoms with E-state index >= 15 is 0 Å². The molecule has 4 nitrogen and oxygen atoms in total. The third-order valence-corrected chi connectivity index (χ3v) is 6.78. The molecule has 1 atom stereocenters. The van der Waals surface area contributed by atoms with Gasteiger partial charge in [-0.2, -0.15) is 0 Å². The van der Waals surface area contributed by atoms with Crippen molar-refractivity contribution < 1.29 is 9.21 Å². The lowest BCUT2D eigenvalue weighted by molar-refractivity contribution is 0.0693. The second-order valence-electron chi connectivity index (χ2n) is 8.02. The lowest BCUT2D eigenvalue weighted by Gasteiger charge is -2.41. The highest BCUT2D eigenvalue weighted by Gasteiger charge is 2.29. The third kappa shape index (κ3) is 5.46. The number of halogens is 1. The first-order valence-electron chi connectivity index (χ1n) is 10.5. The highest BCUT2D eigenvalue weighted by atomic mass is 35.5. The normalized spacial score (nSPS) is 16.5. The summed E-state index contributed by atoms with van der Waals surface area (Å²) in [5, 5.41) is 0.751. The summed E-state index contributed by atoms with van der Waals surface area (Å²) in [6, 6.07) is 20.4. The number of benzene rings is 2. The molecule has 1 fully saturated rings. The molecule has 1 saturated heterocycles. The molecule has 0 spiro atoms. The number of thioether (sulfide) groups is 1. The van der Waals surface area contributed by atoms with Crippen LogP contribution < -0.4 is 4.90 Å². The van der Waals surface area contributed by atoms with Crippen LogP contribution in [0.4, 0.5) is 5.69 Å². The topological polar surface area (TPSA) is 36.7 Å². The molecule has 162 valence electrons. The second kappa shape index (κ2) is 9.84. The summed E-state index contributed by atoms with van der Waals surface area (Å²) in [6.45, 7) is 6.47. The van der Waals surface area contributed by atoms with Crippen molar-refractivity contribution in [2.45, 2.75) is 31.4 Å². The molecule has 0 radical (unpaired) electrons. The fourth-order valence-electron chi connectivity index (χ4n) is 3.95. The number of aryl methyl sites for hydroxylation is 1. The number of carbonyl (C=O) groups is 1. The van der Waals surface area contributed by atoms with Crippen LogP contribution in [0.5, 0.6) is 0 Å². The molecule has 0 saturated carbocycles. The third-order valence-electron chi connectivity index (χ3n) is 5.52. The molecule has 1 aromatic heterocycles. The van der Waals surface area contributed by atoms with E-state index < -0.39 is 0 Å². The second-order valence-corrected chi connectivity index (χ2v) is 9.44. The van der Waals surface area contributed by atoms with Crippen LogP contribution >= 0.6 is 23.4 Å². The minimum atomic E-state index is -0.0261. The fourth-order valence-corrected chi connectivity index (χ4v) is 5.04. The zero-order chi connectivity index (χ0) is 21.8. The van der Waals surface area contributed by atoms with Gasteiger partial charge in [-0.3, -0.25) is 4.79 Å². The summed E-state index contributed by atoms with van der Waals surface area (Å²) >= 11 is 7.79. The summed E-state index contributed by atoms with van der Waals surface area (Å²) in [7, 11) is 0. The number of carbonyl (C=O) groups excluding carboxylic acids is 1. The van der Waals surface area contributed by atoms with E-state index in [9.17, 15) is 4.79 Å². The number of hydrogen-bond acceptors (Lipinski definition) is 4. The summed E-state index contributed by atoms with van der Waals surface area (Å²) < 4.78 is 5.87. The highest BCUT2D eigenvalue weighted by molar-refractivity contribution is 7.97. The van der Waals surface area contributed by atoms with E-state index in [0.29, 0.717) is 18.8 Å². The molecule has 0 N–H and O–H groups in total. The van der Waals surface area contributed by atoms with Crippen molar-refractivity contribution >= 4 is 35.0 Å². The monoisotopic (exact) mass is 454 g/mol. The maximum Gasteiger partial charge on any atom is 0.289 e. The van der Waals surface area contributed by atoms with Gasteiger partial charge in [0, 0.05) is 42.1 Å². The Labute approximate surface area is 193 Å². The van der Waals surface area contributed by atoms with Gasteiger partial charge in [0.2, 0.25) is 0 Å². The predicted octanol–water partition coefficient (Wildman–Crippen LogP) is 6.03. The van der Waals surface area contributed by atoms with Crippen LogP contribution in [0, 0.1) is 6.92 Å². The SMILES string of the molecule is Cc1cccc(N2CCN(C(=O)c3ccc(CSCc4cccc(Cl)c4)o3)C[C@@H]2C)c1. The average Bonchev–Trinajstić information content (AvgIpc) is 3.22. The van der Waals surface area contributed by atoms with Crippen LogP contribution in [-0.2, 0) is 11.5 Å². The van der Waals surface area contributed by atoms with E-state index in [1.807, 2.05) is 29.2 Å². The van der Waals surface area contributed by atoms with Crippen molar-refractivity contribution in [3.8, 4) is 0 Å². The number of hydrogen-bond donors (Lipinski definition) is 0. The molecule has 1 amide bonds. The highest BCUT2D eigenvalue weighted by Crippen LogP contribution is 2.24. The first-order chi connectivity index (χ1) is 15.0. The van der Waals surface area contributed by atoms with E-state index in [0.717, 1.165) is 28.8 Å². The molecule has 31 heavy (non-hydrogen) atoms. The number of rotatable bonds is 6. The van der Waals surface area contributed by atoms with Crippen LogP contribution in [0.3, 0.4) is 0 Å². The lowest BCUT2D eigenvalue weighted by atomic mass is 10.1. The minimum absolute atomic E-state index is 0.0261. The van der Waals surface area contributed by atoms with E-state index in [1.165, 1.54) is 16.8 Å². The van der Waals surface area contributed by atoms with E-state index in [2.05, 4.69) is 49.1 Å². The van der Waals surface area contributed by atoms with Crippen molar-refractivity contribution in [2.75, 3.05) is 24.5 Å². The van der Waals surface area contributed by atoms with Crippen LogP contribution in [0.15, 0.2) is 65.1 Å². The summed E-state index contributed by atoms with van der Waals surface area (Å²) in [5.41, 5.74) is 3.65. The maximum atomic E-state index is 13.0. The Hall–Kier alpha value is -2.37. The van der Waals surface area contributed by atoms with Crippen LogP contribution in [0.25, 0.3) is 0 Å². The summed E-state index contributed by atoms with van der Waals surface area (Å²) in [6.07, 6.45) is 0. The average molecular weight is 455 g/mol. The van der Waals surface area contributed by atoms with E-state index in [-0.39, 0.29) is 11.9 Å². The van der Waals surface area contributed by atoms with Gasteiger partial charge in [-0.05, 0) is 61.4 Å². The Bertz CT molecular complexity index is 1050. The summed E-state index contributed by atoms with van der Waals surface area (Å²) in [5.74, 6) is 2.79. The van der Waals surface area contributed by atoms with Gasteiger partial charge in [-0.15, -0.1) is 11.8 Å². The summed E-state index contributed by atoms with van der Waals surface area (Å²) in [4.78, 5) is 17.3. The quantitative estimate of drug-likeness (QED) is 0.456. The molecule has 0 unspecified atom stereocenters. The van der Waals surface area contributed by atoms with Gasteiger partial charge in [0.25, 0.3) is 5.91 Å². The molecule has 2 heterocycles. The molecule has 6 heteroatoms.